The molecule has 0 saturated heterocycles. The number of carbonyl (C=O) groups excluding carboxylic acids is 2. The molecule has 0 aliphatic carbocycles. The largest absolute Gasteiger partial charge is 0.496 e. The van der Waals surface area contributed by atoms with Crippen molar-refractivity contribution >= 4 is 18.0 Å². The van der Waals surface area contributed by atoms with Crippen molar-refractivity contribution in [2.75, 3.05) is 13.7 Å². The number of benzene rings is 1. The van der Waals surface area contributed by atoms with Gasteiger partial charge >= 0.3 is 11.9 Å². The Balaban J connectivity index is 0.00000254. The number of methoxy groups -OCH3 is 1. The Morgan fingerprint density at radius 2 is 1.79 bits per heavy atom. The average molecular weight is 336 g/mol. The predicted octanol–water partition coefficient (Wildman–Crippen LogP) is 4.25. The quantitative estimate of drug-likeness (QED) is 0.594. The van der Waals surface area contributed by atoms with Crippen LogP contribution in [0.4, 0.5) is 0 Å². The van der Waals surface area contributed by atoms with Gasteiger partial charge in [-0.15, -0.1) is 0 Å². The average Bonchev–Trinajstić information content (AvgIpc) is 2.53. The van der Waals surface area contributed by atoms with Gasteiger partial charge in [0.15, 0.2) is 0 Å². The lowest BCUT2D eigenvalue weighted by Crippen LogP contribution is -2.24. The minimum atomic E-state index is -0.598. The molecule has 0 atom stereocenters. The number of esters is 2. The molecule has 0 fully saturated rings. The van der Waals surface area contributed by atoms with Crippen molar-refractivity contribution in [1.29, 1.82) is 0 Å². The second-order valence-corrected chi connectivity index (χ2v) is 5.55. The van der Waals surface area contributed by atoms with E-state index in [1.807, 2.05) is 13.8 Å². The molecule has 1 aromatic carbocycles. The molecule has 0 radical (unpaired) electrons. The summed E-state index contributed by atoms with van der Waals surface area (Å²) in [5.74, 6) is -0.490. The van der Waals surface area contributed by atoms with E-state index in [-0.39, 0.29) is 0 Å². The van der Waals surface area contributed by atoms with Crippen LogP contribution in [0.3, 0.4) is 0 Å². The van der Waals surface area contributed by atoms with Crippen LogP contribution < -0.4 is 4.74 Å². The fourth-order valence-electron chi connectivity index (χ4n) is 1.68. The third kappa shape index (κ3) is 7.81. The standard InChI is InChI=1S/C17H22O5.C2H6/c1-6-21-15(18)10-8-12-7-9-14(20-5)13(11-12)16(19)22-17(2,3)4;1-2/h7-11H,6H2,1-5H3;1-2H3/b10-8+;. The highest BCUT2D eigenvalue weighted by Crippen LogP contribution is 2.23. The van der Waals surface area contributed by atoms with Crippen molar-refractivity contribution < 1.29 is 23.8 Å². The van der Waals surface area contributed by atoms with E-state index in [1.165, 1.54) is 13.2 Å². The molecule has 1 rings (SSSR count). The summed E-state index contributed by atoms with van der Waals surface area (Å²) >= 11 is 0. The molecular formula is C19H28O5. The maximum atomic E-state index is 12.2. The molecule has 5 nitrogen and oxygen atoms in total. The van der Waals surface area contributed by atoms with Crippen LogP contribution in [-0.4, -0.2) is 31.3 Å². The van der Waals surface area contributed by atoms with Gasteiger partial charge in [0.1, 0.15) is 16.9 Å². The fraction of sp³-hybridized carbons (Fsp3) is 0.474. The van der Waals surface area contributed by atoms with Gasteiger partial charge in [0.25, 0.3) is 0 Å². The SMILES string of the molecule is CC.CCOC(=O)/C=C/c1ccc(OC)c(C(=O)OC(C)(C)C)c1. The van der Waals surface area contributed by atoms with Gasteiger partial charge in [-0.2, -0.15) is 0 Å². The number of carbonyl (C=O) groups is 2. The first-order valence-corrected chi connectivity index (χ1v) is 8.03. The Morgan fingerprint density at radius 1 is 1.17 bits per heavy atom. The summed E-state index contributed by atoms with van der Waals surface area (Å²) in [6, 6.07) is 5.01. The van der Waals surface area contributed by atoms with Crippen molar-refractivity contribution in [1.82, 2.24) is 0 Å². The normalized spacial score (nSPS) is 10.6. The summed E-state index contributed by atoms with van der Waals surface area (Å²) in [7, 11) is 1.48. The van der Waals surface area contributed by atoms with E-state index in [2.05, 4.69) is 0 Å². The second kappa shape index (κ2) is 10.5. The van der Waals surface area contributed by atoms with Crippen molar-refractivity contribution in [2.45, 2.75) is 47.1 Å². The van der Waals surface area contributed by atoms with E-state index in [4.69, 9.17) is 14.2 Å². The molecule has 0 amide bonds. The topological polar surface area (TPSA) is 61.8 Å². The van der Waals surface area contributed by atoms with Crippen LogP contribution >= 0.6 is 0 Å². The van der Waals surface area contributed by atoms with Gasteiger partial charge in [0.05, 0.1) is 13.7 Å². The van der Waals surface area contributed by atoms with Crippen LogP contribution in [0.25, 0.3) is 6.08 Å². The van der Waals surface area contributed by atoms with E-state index in [9.17, 15) is 9.59 Å². The summed E-state index contributed by atoms with van der Waals surface area (Å²) in [4.78, 5) is 23.5. The van der Waals surface area contributed by atoms with Crippen LogP contribution in [0.1, 0.15) is 57.5 Å². The van der Waals surface area contributed by atoms with E-state index < -0.39 is 17.5 Å². The number of hydrogen-bond donors (Lipinski definition) is 0. The van der Waals surface area contributed by atoms with Gasteiger partial charge in [0, 0.05) is 6.08 Å². The number of hydrogen-bond acceptors (Lipinski definition) is 5. The molecule has 0 aliphatic rings. The number of rotatable bonds is 5. The highest BCUT2D eigenvalue weighted by molar-refractivity contribution is 5.94. The van der Waals surface area contributed by atoms with Gasteiger partial charge in [-0.25, -0.2) is 9.59 Å². The molecule has 0 aliphatic heterocycles. The van der Waals surface area contributed by atoms with Crippen molar-refractivity contribution in [3.63, 3.8) is 0 Å². The van der Waals surface area contributed by atoms with E-state index >= 15 is 0 Å². The van der Waals surface area contributed by atoms with Crippen LogP contribution in [0.5, 0.6) is 5.75 Å². The van der Waals surface area contributed by atoms with Crippen molar-refractivity contribution in [3.8, 4) is 5.75 Å². The maximum Gasteiger partial charge on any atom is 0.342 e. The van der Waals surface area contributed by atoms with Crippen molar-refractivity contribution in [2.24, 2.45) is 0 Å². The molecular weight excluding hydrogens is 308 g/mol. The van der Waals surface area contributed by atoms with E-state index in [0.717, 1.165) is 0 Å². The minimum Gasteiger partial charge on any atom is -0.496 e. The molecule has 0 heterocycles. The molecule has 24 heavy (non-hydrogen) atoms. The molecule has 1 aromatic rings. The first-order valence-electron chi connectivity index (χ1n) is 8.03. The van der Waals surface area contributed by atoms with E-state index in [0.29, 0.717) is 23.5 Å². The lowest BCUT2D eigenvalue weighted by Gasteiger charge is -2.20. The Hall–Kier alpha value is -2.30. The lowest BCUT2D eigenvalue weighted by molar-refractivity contribution is -0.137. The van der Waals surface area contributed by atoms with Gasteiger partial charge in [-0.05, 0) is 51.5 Å². The van der Waals surface area contributed by atoms with Crippen molar-refractivity contribution in [3.05, 3.63) is 35.4 Å². The highest BCUT2D eigenvalue weighted by Gasteiger charge is 2.21. The molecule has 0 saturated carbocycles. The third-order valence-electron chi connectivity index (χ3n) is 2.54. The Morgan fingerprint density at radius 3 is 2.29 bits per heavy atom. The zero-order valence-corrected chi connectivity index (χ0v) is 15.6. The summed E-state index contributed by atoms with van der Waals surface area (Å²) in [5.41, 5.74) is 0.386. The first kappa shape index (κ1) is 21.7. The molecule has 0 aromatic heterocycles. The third-order valence-corrected chi connectivity index (χ3v) is 2.54. The second-order valence-electron chi connectivity index (χ2n) is 5.55. The number of ether oxygens (including phenoxy) is 3. The summed E-state index contributed by atoms with van der Waals surface area (Å²) in [5, 5.41) is 0. The highest BCUT2D eigenvalue weighted by atomic mass is 16.6. The first-order chi connectivity index (χ1) is 11.3. The Bertz CT molecular complexity index is 568. The van der Waals surface area contributed by atoms with Crippen LogP contribution in [0, 0.1) is 0 Å². The molecule has 5 heteroatoms. The Kier molecular flexibility index (Phi) is 9.47. The van der Waals surface area contributed by atoms with Gasteiger partial charge in [-0.3, -0.25) is 0 Å². The fourth-order valence-corrected chi connectivity index (χ4v) is 1.68. The Labute approximate surface area is 144 Å². The minimum absolute atomic E-state index is 0.309. The molecule has 0 N–H and O–H groups in total. The van der Waals surface area contributed by atoms with Crippen LogP contribution in [0.15, 0.2) is 24.3 Å². The predicted molar refractivity (Wildman–Crippen MR) is 95.2 cm³/mol. The molecule has 0 spiro atoms. The summed E-state index contributed by atoms with van der Waals surface area (Å²) in [6.07, 6.45) is 2.88. The zero-order chi connectivity index (χ0) is 18.8. The van der Waals surface area contributed by atoms with Gasteiger partial charge < -0.3 is 14.2 Å². The molecule has 134 valence electrons. The van der Waals surface area contributed by atoms with Gasteiger partial charge in [0.2, 0.25) is 0 Å². The van der Waals surface area contributed by atoms with E-state index in [1.54, 1.807) is 52.0 Å². The molecule has 0 unspecified atom stereocenters. The smallest absolute Gasteiger partial charge is 0.342 e. The lowest BCUT2D eigenvalue weighted by atomic mass is 10.1. The summed E-state index contributed by atoms with van der Waals surface area (Å²) < 4.78 is 15.3. The maximum absolute atomic E-state index is 12.2. The summed E-state index contributed by atoms with van der Waals surface area (Å²) in [6.45, 7) is 11.4. The van der Waals surface area contributed by atoms with Crippen LogP contribution in [-0.2, 0) is 14.3 Å². The van der Waals surface area contributed by atoms with Gasteiger partial charge in [-0.1, -0.05) is 19.9 Å². The molecule has 0 bridgehead atoms. The zero-order valence-electron chi connectivity index (χ0n) is 15.6. The van der Waals surface area contributed by atoms with Crippen LogP contribution in [0.2, 0.25) is 0 Å². The monoisotopic (exact) mass is 336 g/mol.